The van der Waals surface area contributed by atoms with Crippen LogP contribution in [-0.4, -0.2) is 71.8 Å². The Hall–Kier alpha value is -2.40. The molecule has 2 N–H and O–H groups in total. The smallest absolute Gasteiger partial charge is 0.191 e. The van der Waals surface area contributed by atoms with Gasteiger partial charge in [0.15, 0.2) is 17.4 Å². The van der Waals surface area contributed by atoms with E-state index in [4.69, 9.17) is 0 Å². The molecule has 9 heteroatoms. The molecule has 3 heterocycles. The molecule has 1 aromatic carbocycles. The molecule has 1 aliphatic rings. The Morgan fingerprint density at radius 3 is 2.52 bits per heavy atom. The minimum absolute atomic E-state index is 0. The van der Waals surface area contributed by atoms with Gasteiger partial charge in [0.25, 0.3) is 0 Å². The average Bonchev–Trinajstić information content (AvgIpc) is 3.23. The number of aromatic nitrogens is 3. The first-order valence-electron chi connectivity index (χ1n) is 10.6. The third kappa shape index (κ3) is 6.30. The van der Waals surface area contributed by atoms with E-state index in [1.807, 2.05) is 28.8 Å². The van der Waals surface area contributed by atoms with Crippen LogP contribution >= 0.6 is 24.0 Å². The number of aliphatic imine (C=N–C) groups is 1. The number of hydrogen-bond donors (Lipinski definition) is 2. The zero-order valence-electron chi connectivity index (χ0n) is 17.9. The van der Waals surface area contributed by atoms with E-state index in [1.54, 1.807) is 7.05 Å². The van der Waals surface area contributed by atoms with Gasteiger partial charge in [-0.1, -0.05) is 24.3 Å². The highest BCUT2D eigenvalue weighted by Gasteiger charge is 2.16. The fourth-order valence-electron chi connectivity index (χ4n) is 3.77. The zero-order chi connectivity index (χ0) is 20.6. The summed E-state index contributed by atoms with van der Waals surface area (Å²) < 4.78 is 1.98. The highest BCUT2D eigenvalue weighted by atomic mass is 127. The van der Waals surface area contributed by atoms with Gasteiger partial charge in [-0.05, 0) is 37.2 Å². The number of hydrogen-bond acceptors (Lipinski definition) is 5. The van der Waals surface area contributed by atoms with Crippen LogP contribution in [-0.2, 0) is 6.54 Å². The Labute approximate surface area is 200 Å². The molecular formula is C22H31IN8. The summed E-state index contributed by atoms with van der Waals surface area (Å²) in [4.78, 5) is 9.32. The lowest BCUT2D eigenvalue weighted by molar-refractivity contribution is 0.255. The molecule has 4 rings (SSSR count). The number of pyridine rings is 1. The third-order valence-electron chi connectivity index (χ3n) is 5.46. The zero-order valence-corrected chi connectivity index (χ0v) is 20.3. The van der Waals surface area contributed by atoms with E-state index in [1.165, 1.54) is 5.69 Å². The fourth-order valence-corrected chi connectivity index (χ4v) is 3.77. The van der Waals surface area contributed by atoms with Crippen LogP contribution in [0.25, 0.3) is 5.65 Å². The summed E-state index contributed by atoms with van der Waals surface area (Å²) in [5.41, 5.74) is 2.18. The maximum absolute atomic E-state index is 4.31. The molecule has 8 nitrogen and oxygen atoms in total. The first kappa shape index (κ1) is 23.3. The van der Waals surface area contributed by atoms with Gasteiger partial charge in [0.2, 0.25) is 0 Å². The topological polar surface area (TPSA) is 73.1 Å². The lowest BCUT2D eigenvalue weighted by atomic mass is 10.2. The molecule has 0 amide bonds. The quantitative estimate of drug-likeness (QED) is 0.210. The van der Waals surface area contributed by atoms with Crippen molar-refractivity contribution in [2.75, 3.05) is 51.2 Å². The van der Waals surface area contributed by atoms with E-state index < -0.39 is 0 Å². The van der Waals surface area contributed by atoms with Crippen LogP contribution in [0, 0.1) is 0 Å². The normalized spacial score (nSPS) is 15.0. The van der Waals surface area contributed by atoms with E-state index in [0.29, 0.717) is 6.54 Å². The number of para-hydroxylation sites is 1. The van der Waals surface area contributed by atoms with Crippen molar-refractivity contribution >= 4 is 41.3 Å². The van der Waals surface area contributed by atoms with Gasteiger partial charge in [-0.3, -0.25) is 14.3 Å². The maximum atomic E-state index is 4.31. The van der Waals surface area contributed by atoms with Crippen LogP contribution in [0.1, 0.15) is 12.2 Å². The second kappa shape index (κ2) is 11.8. The monoisotopic (exact) mass is 534 g/mol. The lowest BCUT2D eigenvalue weighted by Gasteiger charge is -2.36. The van der Waals surface area contributed by atoms with Crippen molar-refractivity contribution in [3.63, 3.8) is 0 Å². The maximum Gasteiger partial charge on any atom is 0.191 e. The van der Waals surface area contributed by atoms with Gasteiger partial charge < -0.3 is 15.5 Å². The molecule has 1 fully saturated rings. The standard InChI is InChI=1S/C22H30N8.HI/c1-23-22(25-18-21-27-26-20-10-5-6-13-30(20)21)24-11-7-12-28-14-16-29(17-15-28)19-8-3-2-4-9-19;/h2-6,8-10,13H,7,11-12,14-18H2,1H3,(H2,23,24,25);1H. The van der Waals surface area contributed by atoms with Crippen LogP contribution in [0.3, 0.4) is 0 Å². The molecule has 3 aromatic rings. The van der Waals surface area contributed by atoms with E-state index in [2.05, 4.69) is 66.0 Å². The minimum Gasteiger partial charge on any atom is -0.369 e. The molecule has 0 unspecified atom stereocenters. The molecule has 0 spiro atoms. The van der Waals surface area contributed by atoms with Gasteiger partial charge in [-0.2, -0.15) is 0 Å². The van der Waals surface area contributed by atoms with Crippen molar-refractivity contribution in [1.82, 2.24) is 30.1 Å². The minimum atomic E-state index is 0. The van der Waals surface area contributed by atoms with Crippen molar-refractivity contribution in [2.45, 2.75) is 13.0 Å². The number of nitrogens with one attached hydrogen (secondary N) is 2. The van der Waals surface area contributed by atoms with Gasteiger partial charge in [0.05, 0.1) is 6.54 Å². The molecule has 1 saturated heterocycles. The van der Waals surface area contributed by atoms with Crippen molar-refractivity contribution in [3.8, 4) is 0 Å². The molecule has 0 radical (unpaired) electrons. The Bertz CT molecular complexity index is 950. The average molecular weight is 534 g/mol. The van der Waals surface area contributed by atoms with Gasteiger partial charge in [-0.15, -0.1) is 34.2 Å². The summed E-state index contributed by atoms with van der Waals surface area (Å²) in [5.74, 6) is 1.65. The van der Waals surface area contributed by atoms with Crippen molar-refractivity contribution in [3.05, 3.63) is 60.6 Å². The predicted octanol–water partition coefficient (Wildman–Crippen LogP) is 2.22. The summed E-state index contributed by atoms with van der Waals surface area (Å²) in [7, 11) is 1.79. The van der Waals surface area contributed by atoms with E-state index in [9.17, 15) is 0 Å². The van der Waals surface area contributed by atoms with Crippen molar-refractivity contribution in [1.29, 1.82) is 0 Å². The molecular weight excluding hydrogens is 503 g/mol. The Balaban J connectivity index is 0.00000272. The molecule has 0 bridgehead atoms. The largest absolute Gasteiger partial charge is 0.369 e. The number of anilines is 1. The summed E-state index contributed by atoms with van der Waals surface area (Å²) in [6.07, 6.45) is 3.06. The van der Waals surface area contributed by atoms with Gasteiger partial charge >= 0.3 is 0 Å². The number of nitrogens with zero attached hydrogens (tertiary/aromatic N) is 6. The SMILES string of the molecule is CN=C(NCCCN1CCN(c2ccccc2)CC1)NCc1nnc2ccccn12.I. The Morgan fingerprint density at radius 1 is 0.968 bits per heavy atom. The van der Waals surface area contributed by atoms with E-state index in [-0.39, 0.29) is 24.0 Å². The highest BCUT2D eigenvalue weighted by Crippen LogP contribution is 2.15. The van der Waals surface area contributed by atoms with Gasteiger partial charge in [0.1, 0.15) is 0 Å². The summed E-state index contributed by atoms with van der Waals surface area (Å²) >= 11 is 0. The summed E-state index contributed by atoms with van der Waals surface area (Å²) in [6.45, 7) is 6.97. The second-order valence-electron chi connectivity index (χ2n) is 7.42. The molecule has 31 heavy (non-hydrogen) atoms. The third-order valence-corrected chi connectivity index (χ3v) is 5.46. The first-order chi connectivity index (χ1) is 14.8. The number of guanidine groups is 1. The lowest BCUT2D eigenvalue weighted by Crippen LogP contribution is -2.47. The van der Waals surface area contributed by atoms with Crippen LogP contribution in [0.4, 0.5) is 5.69 Å². The Morgan fingerprint density at radius 2 is 1.74 bits per heavy atom. The number of rotatable bonds is 7. The number of halogens is 1. The highest BCUT2D eigenvalue weighted by molar-refractivity contribution is 14.0. The van der Waals surface area contributed by atoms with E-state index in [0.717, 1.165) is 63.1 Å². The molecule has 1 aliphatic heterocycles. The van der Waals surface area contributed by atoms with Crippen molar-refractivity contribution < 1.29 is 0 Å². The van der Waals surface area contributed by atoms with E-state index >= 15 is 0 Å². The van der Waals surface area contributed by atoms with Crippen LogP contribution in [0.2, 0.25) is 0 Å². The number of benzene rings is 1. The van der Waals surface area contributed by atoms with Crippen LogP contribution in [0.15, 0.2) is 59.7 Å². The molecule has 0 atom stereocenters. The van der Waals surface area contributed by atoms with Crippen molar-refractivity contribution in [2.24, 2.45) is 4.99 Å². The summed E-state index contributed by atoms with van der Waals surface area (Å²) in [5, 5.41) is 15.1. The fraction of sp³-hybridized carbons (Fsp3) is 0.409. The summed E-state index contributed by atoms with van der Waals surface area (Å²) in [6, 6.07) is 16.6. The van der Waals surface area contributed by atoms with Gasteiger partial charge in [-0.25, -0.2) is 0 Å². The second-order valence-corrected chi connectivity index (χ2v) is 7.42. The van der Waals surface area contributed by atoms with Crippen LogP contribution in [0.5, 0.6) is 0 Å². The molecule has 0 saturated carbocycles. The number of piperazine rings is 1. The van der Waals surface area contributed by atoms with Crippen LogP contribution < -0.4 is 15.5 Å². The molecule has 0 aliphatic carbocycles. The molecule has 166 valence electrons. The molecule has 2 aromatic heterocycles. The predicted molar refractivity (Wildman–Crippen MR) is 136 cm³/mol. The first-order valence-corrected chi connectivity index (χ1v) is 10.6. The van der Waals surface area contributed by atoms with Gasteiger partial charge in [0, 0.05) is 51.7 Å². The number of fused-ring (bicyclic) bond motifs is 1. The Kier molecular flexibility index (Phi) is 8.89.